The Bertz CT molecular complexity index is 2430. The zero-order chi connectivity index (χ0) is 38.9. The van der Waals surface area contributed by atoms with Crippen molar-refractivity contribution in [1.29, 1.82) is 0 Å². The third-order valence-corrected chi connectivity index (χ3v) is 10.1. The maximum absolute atomic E-state index is 15.8. The number of carboxylic acid groups (broad SMARTS) is 1. The number of amides is 1. The van der Waals surface area contributed by atoms with Crippen LogP contribution in [-0.4, -0.2) is 64.8 Å². The molecule has 0 fully saturated rings. The van der Waals surface area contributed by atoms with Gasteiger partial charge in [-0.1, -0.05) is 48.5 Å². The first-order chi connectivity index (χ1) is 26.6. The second-order valence-corrected chi connectivity index (χ2v) is 13.7. The van der Waals surface area contributed by atoms with Crippen LogP contribution in [0.1, 0.15) is 36.1 Å². The molecule has 0 bridgehead atoms. The molecule has 0 spiro atoms. The van der Waals surface area contributed by atoms with E-state index in [2.05, 4.69) is 8.75 Å². The fourth-order valence-corrected chi connectivity index (χ4v) is 7.70. The van der Waals surface area contributed by atoms with Crippen molar-refractivity contribution in [1.82, 2.24) is 13.6 Å². The zero-order valence-electron chi connectivity index (χ0n) is 30.8. The van der Waals surface area contributed by atoms with E-state index in [9.17, 15) is 14.7 Å². The van der Waals surface area contributed by atoms with Gasteiger partial charge in [-0.3, -0.25) is 4.90 Å². The largest absolute Gasteiger partial charge is 0.494 e. The lowest BCUT2D eigenvalue weighted by Gasteiger charge is -2.40. The molecule has 282 valence electrons. The van der Waals surface area contributed by atoms with E-state index in [1.54, 1.807) is 30.3 Å². The predicted molar refractivity (Wildman–Crippen MR) is 206 cm³/mol. The highest BCUT2D eigenvalue weighted by atomic mass is 32.1. The van der Waals surface area contributed by atoms with Gasteiger partial charge >= 0.3 is 12.1 Å². The Kier molecular flexibility index (Phi) is 10.3. The number of aromatic nitrogens is 2. The second kappa shape index (κ2) is 15.3. The third-order valence-electron chi connectivity index (χ3n) is 9.59. The van der Waals surface area contributed by atoms with Gasteiger partial charge in [-0.05, 0) is 90.2 Å². The van der Waals surface area contributed by atoms with Crippen molar-refractivity contribution in [3.05, 3.63) is 125 Å². The standard InChI is InChI=1S/C42H38FN3O8S/c1-24(2)53-39-36(51-4)20-25(21-37(39)52-5)19-31-38(28-13-15-33-34(22-28)45-55-44-33)40(47)54-42(31,29-14-16-35(50-3)32(43)23-29)46(41(48)49)18-17-27-11-8-10-26-9-6-7-12-30(26)27/h6-16,20-24H,17-19H2,1-5H3,(H,48,49). The molecule has 1 unspecified atom stereocenters. The molecule has 1 aliphatic rings. The fraction of sp³-hybridized carbons (Fsp3) is 0.238. The predicted octanol–water partition coefficient (Wildman–Crippen LogP) is 8.43. The molecule has 2 heterocycles. The highest BCUT2D eigenvalue weighted by Crippen LogP contribution is 2.51. The van der Waals surface area contributed by atoms with Gasteiger partial charge in [0.2, 0.25) is 11.5 Å². The van der Waals surface area contributed by atoms with E-state index in [-0.39, 0.29) is 47.9 Å². The molecule has 0 aliphatic carbocycles. The van der Waals surface area contributed by atoms with Gasteiger partial charge in [-0.15, -0.1) is 0 Å². The number of ether oxygens (including phenoxy) is 5. The van der Waals surface area contributed by atoms with Crippen LogP contribution >= 0.6 is 11.7 Å². The van der Waals surface area contributed by atoms with E-state index >= 15 is 4.39 Å². The molecule has 11 nitrogen and oxygen atoms in total. The number of methoxy groups -OCH3 is 3. The maximum Gasteiger partial charge on any atom is 0.410 e. The molecular weight excluding hydrogens is 726 g/mol. The van der Waals surface area contributed by atoms with Crippen LogP contribution in [0.2, 0.25) is 0 Å². The molecule has 0 saturated carbocycles. The number of halogens is 1. The van der Waals surface area contributed by atoms with Crippen LogP contribution in [0, 0.1) is 5.82 Å². The van der Waals surface area contributed by atoms with Gasteiger partial charge in [0.05, 0.1) is 44.7 Å². The molecule has 1 amide bonds. The molecule has 0 saturated heterocycles. The van der Waals surface area contributed by atoms with Crippen molar-refractivity contribution >= 4 is 51.2 Å². The van der Waals surface area contributed by atoms with E-state index in [1.807, 2.05) is 56.3 Å². The van der Waals surface area contributed by atoms with E-state index in [1.165, 1.54) is 33.5 Å². The van der Waals surface area contributed by atoms with Gasteiger partial charge in [0.25, 0.3) is 0 Å². The highest BCUT2D eigenvalue weighted by Gasteiger charge is 2.55. The summed E-state index contributed by atoms with van der Waals surface area (Å²) in [4.78, 5) is 29.3. The van der Waals surface area contributed by atoms with Crippen LogP contribution in [0.5, 0.6) is 23.0 Å². The summed E-state index contributed by atoms with van der Waals surface area (Å²) >= 11 is 1.03. The number of rotatable bonds is 13. The first-order valence-electron chi connectivity index (χ1n) is 17.5. The number of esters is 1. The molecular formula is C42H38FN3O8S. The van der Waals surface area contributed by atoms with Gasteiger partial charge in [-0.2, -0.15) is 8.75 Å². The Labute approximate surface area is 320 Å². The molecule has 0 radical (unpaired) electrons. The summed E-state index contributed by atoms with van der Waals surface area (Å²) in [5.41, 5.74) is 1.31. The molecule has 1 aromatic heterocycles. The smallest absolute Gasteiger partial charge is 0.410 e. The number of benzene rings is 5. The summed E-state index contributed by atoms with van der Waals surface area (Å²) in [7, 11) is 4.33. The first kappa shape index (κ1) is 37.1. The maximum atomic E-state index is 15.8. The number of fused-ring (bicyclic) bond motifs is 2. The minimum absolute atomic E-state index is 0.0607. The summed E-state index contributed by atoms with van der Waals surface area (Å²) in [6, 6.07) is 26.3. The molecule has 13 heteroatoms. The zero-order valence-corrected chi connectivity index (χ0v) is 31.6. The number of cyclic esters (lactones) is 1. The number of carbonyl (C=O) groups excluding carboxylic acids is 1. The van der Waals surface area contributed by atoms with Crippen molar-refractivity contribution in [2.45, 2.75) is 38.5 Å². The lowest BCUT2D eigenvalue weighted by molar-refractivity contribution is -0.161. The lowest BCUT2D eigenvalue weighted by Crippen LogP contribution is -2.52. The monoisotopic (exact) mass is 763 g/mol. The van der Waals surface area contributed by atoms with Crippen molar-refractivity contribution in [2.75, 3.05) is 27.9 Å². The number of nitrogens with zero attached hydrogens (tertiary/aromatic N) is 3. The Hall–Kier alpha value is -6.21. The summed E-state index contributed by atoms with van der Waals surface area (Å²) in [5.74, 6) is -0.540. The van der Waals surface area contributed by atoms with Crippen molar-refractivity contribution in [3.8, 4) is 23.0 Å². The number of hydrogen-bond acceptors (Lipinski definition) is 10. The second-order valence-electron chi connectivity index (χ2n) is 13.2. The van der Waals surface area contributed by atoms with Crippen molar-refractivity contribution in [3.63, 3.8) is 0 Å². The molecule has 55 heavy (non-hydrogen) atoms. The van der Waals surface area contributed by atoms with Crippen LogP contribution in [0.3, 0.4) is 0 Å². The summed E-state index contributed by atoms with van der Waals surface area (Å²) in [6.45, 7) is 3.62. The van der Waals surface area contributed by atoms with Crippen molar-refractivity contribution < 1.29 is 42.8 Å². The van der Waals surface area contributed by atoms with E-state index in [4.69, 9.17) is 23.7 Å². The molecule has 5 aromatic carbocycles. The SMILES string of the molecule is COc1ccc(C2(N(CCc3cccc4ccccc34)C(=O)O)OC(=O)C(c3ccc4nsnc4c3)=C2Cc2cc(OC)c(OC(C)C)c(OC)c2)cc1F. The van der Waals surface area contributed by atoms with Gasteiger partial charge in [0.15, 0.2) is 23.1 Å². The molecule has 1 aliphatic heterocycles. The third kappa shape index (κ3) is 6.87. The summed E-state index contributed by atoms with van der Waals surface area (Å²) < 4.78 is 53.7. The van der Waals surface area contributed by atoms with Crippen LogP contribution in [0.15, 0.2) is 96.6 Å². The van der Waals surface area contributed by atoms with Gasteiger partial charge in [-0.25, -0.2) is 14.0 Å². The molecule has 1 N–H and O–H groups in total. The van der Waals surface area contributed by atoms with Crippen LogP contribution < -0.4 is 18.9 Å². The first-order valence-corrected chi connectivity index (χ1v) is 18.2. The van der Waals surface area contributed by atoms with Crippen molar-refractivity contribution in [2.24, 2.45) is 0 Å². The topological polar surface area (TPSA) is 130 Å². The minimum Gasteiger partial charge on any atom is -0.494 e. The number of hydrogen-bond donors (Lipinski definition) is 1. The molecule has 6 aromatic rings. The number of carbonyl (C=O) groups is 2. The Morgan fingerprint density at radius 2 is 1.60 bits per heavy atom. The quantitative estimate of drug-likeness (QED) is 0.115. The average Bonchev–Trinajstić information content (AvgIpc) is 3.76. The molecule has 7 rings (SSSR count). The van der Waals surface area contributed by atoms with Crippen LogP contribution in [-0.2, 0) is 28.1 Å². The fourth-order valence-electron chi connectivity index (χ4n) is 7.18. The van der Waals surface area contributed by atoms with E-state index in [0.717, 1.165) is 39.0 Å². The van der Waals surface area contributed by atoms with Crippen LogP contribution in [0.25, 0.3) is 27.4 Å². The van der Waals surface area contributed by atoms with Gasteiger partial charge in [0.1, 0.15) is 11.0 Å². The van der Waals surface area contributed by atoms with E-state index in [0.29, 0.717) is 39.4 Å². The van der Waals surface area contributed by atoms with Gasteiger partial charge in [0, 0.05) is 24.1 Å². The summed E-state index contributed by atoms with van der Waals surface area (Å²) in [6.07, 6.45) is -1.41. The minimum atomic E-state index is -2.15. The highest BCUT2D eigenvalue weighted by molar-refractivity contribution is 7.00. The van der Waals surface area contributed by atoms with Crippen LogP contribution in [0.4, 0.5) is 9.18 Å². The summed E-state index contributed by atoms with van der Waals surface area (Å²) in [5, 5.41) is 13.1. The molecule has 1 atom stereocenters. The van der Waals surface area contributed by atoms with E-state index < -0.39 is 23.6 Å². The Balaban J connectivity index is 1.48. The normalized spacial score (nSPS) is 15.4. The average molecular weight is 764 g/mol. The Morgan fingerprint density at radius 1 is 0.891 bits per heavy atom. The lowest BCUT2D eigenvalue weighted by atomic mass is 9.84. The van der Waals surface area contributed by atoms with Gasteiger partial charge < -0.3 is 28.8 Å². The Morgan fingerprint density at radius 3 is 2.29 bits per heavy atom.